The highest BCUT2D eigenvalue weighted by Gasteiger charge is 2.00. The molecule has 0 aliphatic heterocycles. The zero-order chi connectivity index (χ0) is 19.9. The van der Waals surface area contributed by atoms with Crippen LogP contribution in [-0.4, -0.2) is 11.6 Å². The van der Waals surface area contributed by atoms with Crippen LogP contribution in [-0.2, 0) is 19.3 Å². The van der Waals surface area contributed by atoms with E-state index in [1.807, 2.05) is 0 Å². The molecule has 2 aromatic rings. The van der Waals surface area contributed by atoms with Crippen molar-refractivity contribution in [3.05, 3.63) is 59.4 Å². The second-order valence-corrected chi connectivity index (χ2v) is 7.88. The van der Waals surface area contributed by atoms with Gasteiger partial charge in [-0.2, -0.15) is 0 Å². The molecule has 0 aliphatic rings. The highest BCUT2D eigenvalue weighted by atomic mass is 16.5. The Hall–Kier alpha value is -1.83. The summed E-state index contributed by atoms with van der Waals surface area (Å²) in [6.07, 6.45) is 17.1. The Balaban J connectivity index is 1.64. The predicted molar refractivity (Wildman–Crippen MR) is 120 cm³/mol. The summed E-state index contributed by atoms with van der Waals surface area (Å²) in [5, 5.41) is 0. The fourth-order valence-corrected chi connectivity index (χ4v) is 3.40. The smallest absolute Gasteiger partial charge is 0.119 e. The number of ether oxygens (including phenoxy) is 1. The molecule has 0 atom stereocenters. The van der Waals surface area contributed by atoms with Crippen molar-refractivity contribution in [1.82, 2.24) is 4.98 Å². The van der Waals surface area contributed by atoms with Crippen molar-refractivity contribution in [2.75, 3.05) is 6.61 Å². The van der Waals surface area contributed by atoms with Gasteiger partial charge in [0.15, 0.2) is 0 Å². The van der Waals surface area contributed by atoms with E-state index >= 15 is 0 Å². The molecule has 1 heterocycles. The zero-order valence-electron chi connectivity index (χ0n) is 18.1. The molecule has 1 aromatic heterocycles. The normalized spacial score (nSPS) is 10.9. The van der Waals surface area contributed by atoms with Gasteiger partial charge in [-0.1, -0.05) is 77.0 Å². The molecular weight excluding hydrogens is 342 g/mol. The van der Waals surface area contributed by atoms with Crippen LogP contribution in [0.2, 0.25) is 0 Å². The lowest BCUT2D eigenvalue weighted by molar-refractivity contribution is 0.309. The largest absolute Gasteiger partial charge is 0.494 e. The van der Waals surface area contributed by atoms with Gasteiger partial charge >= 0.3 is 0 Å². The van der Waals surface area contributed by atoms with Gasteiger partial charge in [0.05, 0.1) is 6.61 Å². The van der Waals surface area contributed by atoms with Crippen molar-refractivity contribution in [3.8, 4) is 5.75 Å². The molecule has 0 saturated carbocycles. The van der Waals surface area contributed by atoms with Crippen LogP contribution < -0.4 is 4.74 Å². The maximum absolute atomic E-state index is 5.73. The Morgan fingerprint density at radius 3 is 2.00 bits per heavy atom. The van der Waals surface area contributed by atoms with Crippen LogP contribution >= 0.6 is 0 Å². The van der Waals surface area contributed by atoms with Crippen molar-refractivity contribution in [1.29, 1.82) is 0 Å². The molecule has 2 nitrogen and oxygen atoms in total. The van der Waals surface area contributed by atoms with Gasteiger partial charge in [-0.25, -0.2) is 0 Å². The number of pyridine rings is 1. The molecule has 28 heavy (non-hydrogen) atoms. The maximum atomic E-state index is 5.73. The first-order valence-corrected chi connectivity index (χ1v) is 11.5. The second kappa shape index (κ2) is 14.2. The Bertz CT molecular complexity index is 618. The highest BCUT2D eigenvalue weighted by Crippen LogP contribution is 2.15. The summed E-state index contributed by atoms with van der Waals surface area (Å²) in [4.78, 5) is 4.68. The number of rotatable bonds is 15. The molecule has 0 fully saturated rings. The first-order valence-electron chi connectivity index (χ1n) is 11.5. The summed E-state index contributed by atoms with van der Waals surface area (Å²) >= 11 is 0. The minimum absolute atomic E-state index is 0.810. The number of nitrogens with zero attached hydrogens (tertiary/aromatic N) is 1. The zero-order valence-corrected chi connectivity index (χ0v) is 18.1. The topological polar surface area (TPSA) is 22.1 Å². The minimum Gasteiger partial charge on any atom is -0.494 e. The van der Waals surface area contributed by atoms with E-state index in [9.17, 15) is 0 Å². The van der Waals surface area contributed by atoms with E-state index in [1.165, 1.54) is 74.6 Å². The lowest BCUT2D eigenvalue weighted by Gasteiger charge is -2.07. The summed E-state index contributed by atoms with van der Waals surface area (Å²) in [5.41, 5.74) is 3.91. The van der Waals surface area contributed by atoms with E-state index in [-0.39, 0.29) is 0 Å². The summed E-state index contributed by atoms with van der Waals surface area (Å²) in [6, 6.07) is 13.0. The fraction of sp³-hybridized carbons (Fsp3) is 0.577. The standard InChI is InChI=1S/C26H39NO/c1-3-5-7-8-9-10-11-12-24-14-18-25(27-22-24)17-13-23-15-19-26(20-16-23)28-21-6-4-2/h14-16,18-20,22H,3-13,17,21H2,1-2H3. The van der Waals surface area contributed by atoms with Crippen molar-refractivity contribution in [2.24, 2.45) is 0 Å². The highest BCUT2D eigenvalue weighted by molar-refractivity contribution is 5.28. The van der Waals surface area contributed by atoms with E-state index in [4.69, 9.17) is 4.74 Å². The third kappa shape index (κ3) is 9.39. The Morgan fingerprint density at radius 2 is 1.32 bits per heavy atom. The van der Waals surface area contributed by atoms with Gasteiger partial charge in [-0.15, -0.1) is 0 Å². The monoisotopic (exact) mass is 381 g/mol. The van der Waals surface area contributed by atoms with Crippen molar-refractivity contribution >= 4 is 0 Å². The molecular formula is C26H39NO. The van der Waals surface area contributed by atoms with Crippen LogP contribution in [0, 0.1) is 0 Å². The summed E-state index contributed by atoms with van der Waals surface area (Å²) in [6.45, 7) is 5.27. The molecule has 0 aliphatic carbocycles. The van der Waals surface area contributed by atoms with Gasteiger partial charge in [0.25, 0.3) is 0 Å². The van der Waals surface area contributed by atoms with Gasteiger partial charge in [-0.05, 0) is 61.4 Å². The van der Waals surface area contributed by atoms with E-state index in [0.717, 1.165) is 31.6 Å². The number of benzene rings is 1. The first kappa shape index (κ1) is 22.5. The van der Waals surface area contributed by atoms with Gasteiger partial charge in [0, 0.05) is 11.9 Å². The molecule has 2 rings (SSSR count). The number of unbranched alkanes of at least 4 members (excludes halogenated alkanes) is 7. The van der Waals surface area contributed by atoms with Crippen molar-refractivity contribution in [2.45, 2.75) is 90.9 Å². The molecule has 0 unspecified atom stereocenters. The fourth-order valence-electron chi connectivity index (χ4n) is 3.40. The van der Waals surface area contributed by atoms with E-state index < -0.39 is 0 Å². The first-order chi connectivity index (χ1) is 13.8. The molecule has 1 aromatic carbocycles. The third-order valence-electron chi connectivity index (χ3n) is 5.31. The molecule has 2 heteroatoms. The Kier molecular flexibility index (Phi) is 11.4. The predicted octanol–water partition coefficient (Wildman–Crippen LogP) is 7.34. The summed E-state index contributed by atoms with van der Waals surface area (Å²) < 4.78 is 5.73. The van der Waals surface area contributed by atoms with E-state index in [0.29, 0.717) is 0 Å². The molecule has 0 saturated heterocycles. The van der Waals surface area contributed by atoms with Crippen LogP contribution in [0.5, 0.6) is 5.75 Å². The minimum atomic E-state index is 0.810. The van der Waals surface area contributed by atoms with Crippen LogP contribution in [0.4, 0.5) is 0 Å². The van der Waals surface area contributed by atoms with Gasteiger partial charge in [0.1, 0.15) is 5.75 Å². The van der Waals surface area contributed by atoms with Crippen molar-refractivity contribution < 1.29 is 4.74 Å². The average molecular weight is 382 g/mol. The Labute approximate surface area is 172 Å². The van der Waals surface area contributed by atoms with Crippen LogP contribution in [0.1, 0.15) is 88.5 Å². The van der Waals surface area contributed by atoms with Crippen LogP contribution in [0.3, 0.4) is 0 Å². The average Bonchev–Trinajstić information content (AvgIpc) is 2.73. The quantitative estimate of drug-likeness (QED) is 0.301. The summed E-state index contributed by atoms with van der Waals surface area (Å²) in [7, 11) is 0. The van der Waals surface area contributed by atoms with Gasteiger partial charge < -0.3 is 4.74 Å². The van der Waals surface area contributed by atoms with Crippen LogP contribution in [0.15, 0.2) is 42.6 Å². The van der Waals surface area contributed by atoms with E-state index in [1.54, 1.807) is 0 Å². The maximum Gasteiger partial charge on any atom is 0.119 e. The molecule has 0 spiro atoms. The third-order valence-corrected chi connectivity index (χ3v) is 5.31. The molecule has 0 amide bonds. The molecule has 0 radical (unpaired) electrons. The van der Waals surface area contributed by atoms with Gasteiger partial charge in [-0.3, -0.25) is 4.98 Å². The molecule has 0 bridgehead atoms. The number of aryl methyl sites for hydroxylation is 3. The number of hydrogen-bond acceptors (Lipinski definition) is 2. The lowest BCUT2D eigenvalue weighted by Crippen LogP contribution is -1.98. The second-order valence-electron chi connectivity index (χ2n) is 7.88. The molecule has 0 N–H and O–H groups in total. The van der Waals surface area contributed by atoms with Crippen molar-refractivity contribution in [3.63, 3.8) is 0 Å². The Morgan fingerprint density at radius 1 is 0.643 bits per heavy atom. The molecule has 154 valence electrons. The number of aromatic nitrogens is 1. The summed E-state index contributed by atoms with van der Waals surface area (Å²) in [5.74, 6) is 0.977. The van der Waals surface area contributed by atoms with Gasteiger partial charge in [0.2, 0.25) is 0 Å². The van der Waals surface area contributed by atoms with Crippen LogP contribution in [0.25, 0.3) is 0 Å². The SMILES string of the molecule is CCCCCCCCCc1ccc(CCc2ccc(OCCCC)cc2)nc1. The lowest BCUT2D eigenvalue weighted by atomic mass is 10.0. The number of hydrogen-bond donors (Lipinski definition) is 0. The van der Waals surface area contributed by atoms with E-state index in [2.05, 4.69) is 61.4 Å².